The second-order valence-electron chi connectivity index (χ2n) is 4.91. The Labute approximate surface area is 109 Å². The van der Waals surface area contributed by atoms with Gasteiger partial charge in [-0.05, 0) is 23.1 Å². The summed E-state index contributed by atoms with van der Waals surface area (Å²) in [6, 6.07) is 7.95. The number of carboxylic acid groups (broad SMARTS) is 1. The van der Waals surface area contributed by atoms with Crippen LogP contribution in [0.3, 0.4) is 0 Å². The van der Waals surface area contributed by atoms with Crippen molar-refractivity contribution in [1.29, 1.82) is 0 Å². The smallest absolute Gasteiger partial charge is 0.308 e. The van der Waals surface area contributed by atoms with Gasteiger partial charge in [-0.2, -0.15) is 0 Å². The van der Waals surface area contributed by atoms with Gasteiger partial charge in [0, 0.05) is 31.2 Å². The van der Waals surface area contributed by atoms with Crippen molar-refractivity contribution in [2.24, 2.45) is 5.92 Å². The zero-order valence-corrected chi connectivity index (χ0v) is 10.3. The molecule has 1 aromatic carbocycles. The second-order valence-corrected chi connectivity index (χ2v) is 4.91. The van der Waals surface area contributed by atoms with Crippen molar-refractivity contribution in [3.05, 3.63) is 36.0 Å². The molecule has 0 unspecified atom stereocenters. The fourth-order valence-corrected chi connectivity index (χ4v) is 2.50. The number of aliphatic carboxylic acids is 1. The van der Waals surface area contributed by atoms with Gasteiger partial charge in [0.25, 0.3) is 0 Å². The molecule has 5 heteroatoms. The van der Waals surface area contributed by atoms with Gasteiger partial charge in [0.1, 0.15) is 0 Å². The second kappa shape index (κ2) is 4.42. The first-order valence-electron chi connectivity index (χ1n) is 6.20. The molecule has 1 fully saturated rings. The quantitative estimate of drug-likeness (QED) is 0.878. The van der Waals surface area contributed by atoms with Crippen LogP contribution in [-0.2, 0) is 16.1 Å². The average molecular weight is 258 g/mol. The summed E-state index contributed by atoms with van der Waals surface area (Å²) in [5.41, 5.74) is 2.04. The Morgan fingerprint density at radius 3 is 3.00 bits per heavy atom. The molecule has 1 saturated heterocycles. The number of hydrogen-bond acceptors (Lipinski definition) is 2. The maximum Gasteiger partial charge on any atom is 0.308 e. The molecule has 3 rings (SSSR count). The van der Waals surface area contributed by atoms with E-state index in [0.717, 1.165) is 16.5 Å². The number of aromatic amines is 1. The SMILES string of the molecule is O=C(O)[C@@H]1CC(=O)N(Cc2ccc3cc[nH]c3c2)C1. The number of nitrogens with zero attached hydrogens (tertiary/aromatic N) is 1. The number of carboxylic acids is 1. The predicted octanol–water partition coefficient (Wildman–Crippen LogP) is 1.60. The average Bonchev–Trinajstić information content (AvgIpc) is 2.96. The molecule has 0 saturated carbocycles. The molecule has 5 nitrogen and oxygen atoms in total. The molecule has 19 heavy (non-hydrogen) atoms. The Morgan fingerprint density at radius 1 is 1.42 bits per heavy atom. The number of aromatic nitrogens is 1. The molecule has 1 amide bonds. The van der Waals surface area contributed by atoms with E-state index in [1.807, 2.05) is 30.5 Å². The van der Waals surface area contributed by atoms with Gasteiger partial charge in [-0.25, -0.2) is 0 Å². The van der Waals surface area contributed by atoms with E-state index >= 15 is 0 Å². The van der Waals surface area contributed by atoms with Crippen molar-refractivity contribution < 1.29 is 14.7 Å². The van der Waals surface area contributed by atoms with Crippen LogP contribution in [0, 0.1) is 5.92 Å². The number of fused-ring (bicyclic) bond motifs is 1. The molecule has 2 N–H and O–H groups in total. The first kappa shape index (κ1) is 11.8. The summed E-state index contributed by atoms with van der Waals surface area (Å²) in [5, 5.41) is 10.1. The summed E-state index contributed by atoms with van der Waals surface area (Å²) in [6.07, 6.45) is 1.98. The third-order valence-electron chi connectivity index (χ3n) is 3.56. The van der Waals surface area contributed by atoms with E-state index in [2.05, 4.69) is 4.98 Å². The number of hydrogen-bond donors (Lipinski definition) is 2. The molecule has 2 aromatic rings. The van der Waals surface area contributed by atoms with E-state index in [-0.39, 0.29) is 12.3 Å². The molecular formula is C14H14N2O3. The minimum Gasteiger partial charge on any atom is -0.481 e. The van der Waals surface area contributed by atoms with E-state index < -0.39 is 11.9 Å². The number of nitrogens with one attached hydrogen (secondary N) is 1. The largest absolute Gasteiger partial charge is 0.481 e. The van der Waals surface area contributed by atoms with Gasteiger partial charge in [0.05, 0.1) is 5.92 Å². The van der Waals surface area contributed by atoms with E-state index in [0.29, 0.717) is 13.1 Å². The highest BCUT2D eigenvalue weighted by molar-refractivity contribution is 5.86. The van der Waals surface area contributed by atoms with Crippen LogP contribution in [0.15, 0.2) is 30.5 Å². The lowest BCUT2D eigenvalue weighted by Crippen LogP contribution is -2.25. The number of H-pyrrole nitrogens is 1. The van der Waals surface area contributed by atoms with E-state index in [1.54, 1.807) is 4.90 Å². The summed E-state index contributed by atoms with van der Waals surface area (Å²) in [7, 11) is 0. The van der Waals surface area contributed by atoms with Crippen LogP contribution in [0.5, 0.6) is 0 Å². The number of carbonyl (C=O) groups is 2. The lowest BCUT2D eigenvalue weighted by Gasteiger charge is -2.16. The van der Waals surface area contributed by atoms with Crippen LogP contribution in [-0.4, -0.2) is 33.4 Å². The van der Waals surface area contributed by atoms with Crippen molar-refractivity contribution in [1.82, 2.24) is 9.88 Å². The van der Waals surface area contributed by atoms with Crippen LogP contribution in [0.2, 0.25) is 0 Å². The Kier molecular flexibility index (Phi) is 2.74. The van der Waals surface area contributed by atoms with Crippen molar-refractivity contribution in [3.8, 4) is 0 Å². The monoisotopic (exact) mass is 258 g/mol. The van der Waals surface area contributed by atoms with Gasteiger partial charge >= 0.3 is 5.97 Å². The van der Waals surface area contributed by atoms with E-state index in [1.165, 1.54) is 0 Å². The van der Waals surface area contributed by atoms with Crippen molar-refractivity contribution >= 4 is 22.8 Å². The Bertz CT molecular complexity index is 647. The van der Waals surface area contributed by atoms with Crippen molar-refractivity contribution in [2.45, 2.75) is 13.0 Å². The molecule has 0 aliphatic carbocycles. The molecule has 0 bridgehead atoms. The van der Waals surface area contributed by atoms with Crippen LogP contribution >= 0.6 is 0 Å². The molecule has 98 valence electrons. The lowest BCUT2D eigenvalue weighted by atomic mass is 10.1. The maximum atomic E-state index is 11.8. The number of likely N-dealkylation sites (tertiary alicyclic amines) is 1. The molecule has 0 spiro atoms. The third kappa shape index (κ3) is 2.19. The number of benzene rings is 1. The van der Waals surface area contributed by atoms with Crippen LogP contribution in [0.1, 0.15) is 12.0 Å². The van der Waals surface area contributed by atoms with Gasteiger partial charge < -0.3 is 15.0 Å². The highest BCUT2D eigenvalue weighted by atomic mass is 16.4. The van der Waals surface area contributed by atoms with Crippen LogP contribution < -0.4 is 0 Å². The molecule has 0 radical (unpaired) electrons. The van der Waals surface area contributed by atoms with Gasteiger partial charge in [-0.15, -0.1) is 0 Å². The first-order chi connectivity index (χ1) is 9.13. The summed E-state index contributed by atoms with van der Waals surface area (Å²) in [4.78, 5) is 27.4. The molecule has 2 heterocycles. The fraction of sp³-hybridized carbons (Fsp3) is 0.286. The van der Waals surface area contributed by atoms with Gasteiger partial charge in [-0.1, -0.05) is 12.1 Å². The zero-order valence-electron chi connectivity index (χ0n) is 10.3. The van der Waals surface area contributed by atoms with Crippen molar-refractivity contribution in [2.75, 3.05) is 6.54 Å². The normalized spacial score (nSPS) is 19.3. The topological polar surface area (TPSA) is 73.4 Å². The van der Waals surface area contributed by atoms with Gasteiger partial charge in [0.15, 0.2) is 0 Å². The Balaban J connectivity index is 1.77. The number of amides is 1. The van der Waals surface area contributed by atoms with Crippen molar-refractivity contribution in [3.63, 3.8) is 0 Å². The third-order valence-corrected chi connectivity index (χ3v) is 3.56. The lowest BCUT2D eigenvalue weighted by molar-refractivity contribution is -0.141. The fourth-order valence-electron chi connectivity index (χ4n) is 2.50. The maximum absolute atomic E-state index is 11.8. The molecule has 1 atom stereocenters. The minimum atomic E-state index is -0.893. The zero-order chi connectivity index (χ0) is 13.4. The highest BCUT2D eigenvalue weighted by Gasteiger charge is 2.33. The molecular weight excluding hydrogens is 244 g/mol. The standard InChI is InChI=1S/C14H14N2O3/c17-13-6-11(14(18)19)8-16(13)7-9-1-2-10-3-4-15-12(10)5-9/h1-5,11,15H,6-8H2,(H,18,19)/t11-/m1/s1. The van der Waals surface area contributed by atoms with Crippen LogP contribution in [0.25, 0.3) is 10.9 Å². The summed E-state index contributed by atoms with van der Waals surface area (Å²) >= 11 is 0. The van der Waals surface area contributed by atoms with E-state index in [4.69, 9.17) is 5.11 Å². The van der Waals surface area contributed by atoms with E-state index in [9.17, 15) is 9.59 Å². The van der Waals surface area contributed by atoms with Crippen LogP contribution in [0.4, 0.5) is 0 Å². The van der Waals surface area contributed by atoms with Gasteiger partial charge in [-0.3, -0.25) is 9.59 Å². The molecule has 1 aromatic heterocycles. The first-order valence-corrected chi connectivity index (χ1v) is 6.20. The molecule has 1 aliphatic heterocycles. The van der Waals surface area contributed by atoms with Gasteiger partial charge in [0.2, 0.25) is 5.91 Å². The highest BCUT2D eigenvalue weighted by Crippen LogP contribution is 2.22. The summed E-state index contributed by atoms with van der Waals surface area (Å²) < 4.78 is 0. The Hall–Kier alpha value is -2.30. The number of rotatable bonds is 3. The summed E-state index contributed by atoms with van der Waals surface area (Å²) in [5.74, 6) is -1.55. The summed E-state index contributed by atoms with van der Waals surface area (Å²) in [6.45, 7) is 0.772. The number of carbonyl (C=O) groups excluding carboxylic acids is 1. The Morgan fingerprint density at radius 2 is 2.26 bits per heavy atom. The predicted molar refractivity (Wildman–Crippen MR) is 69.5 cm³/mol. The minimum absolute atomic E-state index is 0.0843. The molecule has 1 aliphatic rings.